The average molecular weight is 452 g/mol. The van der Waals surface area contributed by atoms with Crippen LogP contribution in [0.2, 0.25) is 0 Å². The fourth-order valence-corrected chi connectivity index (χ4v) is 3.77. The zero-order valence-electron chi connectivity index (χ0n) is 18.5. The first-order valence-electron chi connectivity index (χ1n) is 10.9. The predicted octanol–water partition coefficient (Wildman–Crippen LogP) is 2.69. The van der Waals surface area contributed by atoms with Crippen molar-refractivity contribution in [3.8, 4) is 5.75 Å². The highest BCUT2D eigenvalue weighted by Gasteiger charge is 2.17. The van der Waals surface area contributed by atoms with Crippen LogP contribution in [-0.2, 0) is 17.8 Å². The minimum absolute atomic E-state index is 0.0918. The number of carbonyl (C=O) groups is 1. The van der Waals surface area contributed by atoms with E-state index in [2.05, 4.69) is 26.9 Å². The van der Waals surface area contributed by atoms with Gasteiger partial charge in [0, 0.05) is 37.3 Å². The SMILES string of the molecule is C=CCc1cccc(/C=N/NC(=O)CN2CCCN(Cc3ccc([N+](=O)[O-])cc3)CC2)c1O. The van der Waals surface area contributed by atoms with Crippen molar-refractivity contribution in [3.05, 3.63) is 81.9 Å². The molecule has 1 fully saturated rings. The first kappa shape index (κ1) is 24.1. The number of nitrogens with zero attached hydrogens (tertiary/aromatic N) is 4. The molecule has 1 amide bonds. The van der Waals surface area contributed by atoms with Gasteiger partial charge >= 0.3 is 0 Å². The number of amides is 1. The standard InChI is InChI=1S/C24H29N5O4/c1-2-5-20-6-3-7-21(24(20)31)16-25-26-23(30)18-28-13-4-12-27(14-15-28)17-19-8-10-22(11-9-19)29(32)33/h2-3,6-11,16,31H,1,4-5,12-15,17-18H2,(H,26,30)/b25-16+. The van der Waals surface area contributed by atoms with Crippen molar-refractivity contribution in [2.45, 2.75) is 19.4 Å². The van der Waals surface area contributed by atoms with Gasteiger partial charge in [-0.25, -0.2) is 5.43 Å². The van der Waals surface area contributed by atoms with Crippen LogP contribution in [0.4, 0.5) is 5.69 Å². The number of phenolic OH excluding ortho intramolecular Hbond substituents is 1. The number of allylic oxidation sites excluding steroid dienone is 1. The number of aromatic hydroxyl groups is 1. The number of non-ortho nitro benzene ring substituents is 1. The van der Waals surface area contributed by atoms with Crippen molar-refractivity contribution in [2.24, 2.45) is 5.10 Å². The Labute approximate surface area is 193 Å². The molecule has 9 nitrogen and oxygen atoms in total. The van der Waals surface area contributed by atoms with Crippen LogP contribution in [0.1, 0.15) is 23.1 Å². The van der Waals surface area contributed by atoms with Gasteiger partial charge in [-0.2, -0.15) is 5.10 Å². The lowest BCUT2D eigenvalue weighted by Crippen LogP contribution is -2.37. The smallest absolute Gasteiger partial charge is 0.269 e. The molecule has 2 N–H and O–H groups in total. The molecular formula is C24H29N5O4. The fourth-order valence-electron chi connectivity index (χ4n) is 3.77. The molecule has 0 spiro atoms. The number of hydrogen-bond acceptors (Lipinski definition) is 7. The maximum atomic E-state index is 12.3. The molecule has 0 bridgehead atoms. The normalized spacial score (nSPS) is 15.3. The second-order valence-electron chi connectivity index (χ2n) is 7.97. The summed E-state index contributed by atoms with van der Waals surface area (Å²) in [5.41, 5.74) is 4.94. The van der Waals surface area contributed by atoms with Crippen molar-refractivity contribution in [1.82, 2.24) is 15.2 Å². The minimum atomic E-state index is -0.397. The molecular weight excluding hydrogens is 422 g/mol. The van der Waals surface area contributed by atoms with Gasteiger partial charge < -0.3 is 5.11 Å². The first-order chi connectivity index (χ1) is 16.0. The Morgan fingerprint density at radius 1 is 1.15 bits per heavy atom. The van der Waals surface area contributed by atoms with E-state index in [0.29, 0.717) is 12.0 Å². The van der Waals surface area contributed by atoms with E-state index >= 15 is 0 Å². The van der Waals surface area contributed by atoms with Crippen LogP contribution in [0.15, 0.2) is 60.2 Å². The highest BCUT2D eigenvalue weighted by Crippen LogP contribution is 2.21. The van der Waals surface area contributed by atoms with Crippen LogP contribution in [0.5, 0.6) is 5.75 Å². The number of para-hydroxylation sites is 1. The molecule has 2 aromatic rings. The Morgan fingerprint density at radius 3 is 2.61 bits per heavy atom. The van der Waals surface area contributed by atoms with E-state index in [4.69, 9.17) is 0 Å². The highest BCUT2D eigenvalue weighted by atomic mass is 16.6. The molecule has 0 atom stereocenters. The van der Waals surface area contributed by atoms with Crippen LogP contribution in [0, 0.1) is 10.1 Å². The van der Waals surface area contributed by atoms with E-state index in [1.807, 2.05) is 12.1 Å². The number of rotatable bonds is 9. The molecule has 1 saturated heterocycles. The molecule has 1 aliphatic rings. The second kappa shape index (κ2) is 11.9. The lowest BCUT2D eigenvalue weighted by Gasteiger charge is -2.21. The molecule has 1 aliphatic heterocycles. The van der Waals surface area contributed by atoms with Gasteiger partial charge in [-0.1, -0.05) is 30.3 Å². The number of hydrogen-bond donors (Lipinski definition) is 2. The first-order valence-corrected chi connectivity index (χ1v) is 10.9. The van der Waals surface area contributed by atoms with Crippen LogP contribution in [0.25, 0.3) is 0 Å². The number of nitro groups is 1. The highest BCUT2D eigenvalue weighted by molar-refractivity contribution is 5.86. The zero-order valence-corrected chi connectivity index (χ0v) is 18.5. The third-order valence-corrected chi connectivity index (χ3v) is 5.51. The third-order valence-electron chi connectivity index (χ3n) is 5.51. The van der Waals surface area contributed by atoms with Crippen molar-refractivity contribution in [3.63, 3.8) is 0 Å². The van der Waals surface area contributed by atoms with E-state index in [1.54, 1.807) is 24.3 Å². The molecule has 0 saturated carbocycles. The van der Waals surface area contributed by atoms with Crippen molar-refractivity contribution >= 4 is 17.8 Å². The monoisotopic (exact) mass is 451 g/mol. The second-order valence-corrected chi connectivity index (χ2v) is 7.97. The van der Waals surface area contributed by atoms with Gasteiger partial charge in [-0.3, -0.25) is 24.7 Å². The van der Waals surface area contributed by atoms with Crippen molar-refractivity contribution in [1.29, 1.82) is 0 Å². The predicted molar refractivity (Wildman–Crippen MR) is 127 cm³/mol. The van der Waals surface area contributed by atoms with Crippen LogP contribution in [0.3, 0.4) is 0 Å². The van der Waals surface area contributed by atoms with Gasteiger partial charge in [0.05, 0.1) is 17.7 Å². The summed E-state index contributed by atoms with van der Waals surface area (Å²) < 4.78 is 0. The number of nitrogens with one attached hydrogen (secondary N) is 1. The molecule has 0 unspecified atom stereocenters. The van der Waals surface area contributed by atoms with E-state index in [9.17, 15) is 20.0 Å². The van der Waals surface area contributed by atoms with Gasteiger partial charge in [-0.05, 0) is 43.1 Å². The molecule has 174 valence electrons. The molecule has 0 radical (unpaired) electrons. The van der Waals surface area contributed by atoms with E-state index in [0.717, 1.165) is 50.3 Å². The molecule has 0 aliphatic carbocycles. The van der Waals surface area contributed by atoms with Crippen molar-refractivity contribution in [2.75, 3.05) is 32.7 Å². The lowest BCUT2D eigenvalue weighted by atomic mass is 10.1. The number of nitro benzene ring substituents is 1. The third kappa shape index (κ3) is 7.23. The maximum absolute atomic E-state index is 12.3. The average Bonchev–Trinajstić information content (AvgIpc) is 3.01. The Bertz CT molecular complexity index is 1010. The van der Waals surface area contributed by atoms with Gasteiger partial charge in [-0.15, -0.1) is 6.58 Å². The van der Waals surface area contributed by atoms with Gasteiger partial charge in [0.1, 0.15) is 5.75 Å². The number of carbonyl (C=O) groups excluding carboxylic acids is 1. The molecule has 1 heterocycles. The summed E-state index contributed by atoms with van der Waals surface area (Å²) in [6.07, 6.45) is 4.63. The quantitative estimate of drug-likeness (QED) is 0.262. The summed E-state index contributed by atoms with van der Waals surface area (Å²) in [5.74, 6) is -0.0761. The van der Waals surface area contributed by atoms with E-state index in [-0.39, 0.29) is 23.9 Å². The fraction of sp³-hybridized carbons (Fsp3) is 0.333. The molecule has 33 heavy (non-hydrogen) atoms. The Balaban J connectivity index is 1.45. The summed E-state index contributed by atoms with van der Waals surface area (Å²) >= 11 is 0. The molecule has 9 heteroatoms. The van der Waals surface area contributed by atoms with E-state index in [1.165, 1.54) is 18.3 Å². The molecule has 3 rings (SSSR count). The Morgan fingerprint density at radius 2 is 1.88 bits per heavy atom. The van der Waals surface area contributed by atoms with Crippen LogP contribution in [-0.4, -0.2) is 64.7 Å². The summed E-state index contributed by atoms with van der Waals surface area (Å²) in [5, 5.41) is 25.0. The van der Waals surface area contributed by atoms with Gasteiger partial charge in [0.25, 0.3) is 11.6 Å². The Hall–Kier alpha value is -3.56. The summed E-state index contributed by atoms with van der Waals surface area (Å²) in [4.78, 5) is 27.1. The molecule has 0 aromatic heterocycles. The minimum Gasteiger partial charge on any atom is -0.507 e. The molecule has 2 aromatic carbocycles. The van der Waals surface area contributed by atoms with Gasteiger partial charge in [0.15, 0.2) is 0 Å². The topological polar surface area (TPSA) is 111 Å². The number of benzene rings is 2. The summed E-state index contributed by atoms with van der Waals surface area (Å²) in [6, 6.07) is 12.0. The van der Waals surface area contributed by atoms with Gasteiger partial charge in [0.2, 0.25) is 0 Å². The van der Waals surface area contributed by atoms with Crippen molar-refractivity contribution < 1.29 is 14.8 Å². The summed E-state index contributed by atoms with van der Waals surface area (Å²) in [6.45, 7) is 7.88. The zero-order chi connectivity index (χ0) is 23.6. The largest absolute Gasteiger partial charge is 0.507 e. The van der Waals surface area contributed by atoms with Crippen LogP contribution >= 0.6 is 0 Å². The maximum Gasteiger partial charge on any atom is 0.269 e. The van der Waals surface area contributed by atoms with Crippen LogP contribution < -0.4 is 5.43 Å². The number of hydrazone groups is 1. The Kier molecular flexibility index (Phi) is 8.68. The summed E-state index contributed by atoms with van der Waals surface area (Å²) in [7, 11) is 0. The lowest BCUT2D eigenvalue weighted by molar-refractivity contribution is -0.384. The number of phenols is 1. The van der Waals surface area contributed by atoms with E-state index < -0.39 is 4.92 Å².